The molecule has 1 N–H and O–H groups in total. The largest absolute Gasteiger partial charge is 0.475 e. The van der Waals surface area contributed by atoms with Crippen LogP contribution in [0, 0.1) is 20.8 Å². The van der Waals surface area contributed by atoms with Crippen molar-refractivity contribution in [2.24, 2.45) is 0 Å². The molecule has 19 heavy (non-hydrogen) atoms. The Morgan fingerprint density at radius 2 is 1.95 bits per heavy atom. The van der Waals surface area contributed by atoms with Gasteiger partial charge in [0.15, 0.2) is 0 Å². The summed E-state index contributed by atoms with van der Waals surface area (Å²) in [6.45, 7) is 5.87. The first-order valence-electron chi connectivity index (χ1n) is 6.00. The first kappa shape index (κ1) is 13.7. The van der Waals surface area contributed by atoms with E-state index in [1.54, 1.807) is 24.8 Å². The highest BCUT2D eigenvalue weighted by Crippen LogP contribution is 2.28. The summed E-state index contributed by atoms with van der Waals surface area (Å²) in [5.41, 5.74) is 3.11. The van der Waals surface area contributed by atoms with Crippen molar-refractivity contribution in [2.45, 2.75) is 31.4 Å². The summed E-state index contributed by atoms with van der Waals surface area (Å²) >= 11 is 1.66. The Labute approximate surface area is 116 Å². The van der Waals surface area contributed by atoms with E-state index in [2.05, 4.69) is 32.0 Å². The lowest BCUT2D eigenvalue weighted by Gasteiger charge is -2.05. The van der Waals surface area contributed by atoms with Gasteiger partial charge in [-0.25, -0.2) is 4.79 Å². The third-order valence-corrected chi connectivity index (χ3v) is 4.06. The van der Waals surface area contributed by atoms with Crippen LogP contribution < -0.4 is 0 Å². The number of benzene rings is 1. The van der Waals surface area contributed by atoms with E-state index < -0.39 is 5.97 Å². The Balaban J connectivity index is 2.12. The van der Waals surface area contributed by atoms with Crippen molar-refractivity contribution in [3.05, 3.63) is 52.5 Å². The second-order valence-electron chi connectivity index (χ2n) is 4.59. The van der Waals surface area contributed by atoms with Crippen molar-refractivity contribution in [2.75, 3.05) is 0 Å². The number of carbonyl (C=O) groups is 1. The molecule has 0 amide bonds. The molecular formula is C15H16O3S. The summed E-state index contributed by atoms with van der Waals surface area (Å²) in [5.74, 6) is 0.358. The minimum Gasteiger partial charge on any atom is -0.475 e. The molecule has 0 spiro atoms. The first-order chi connectivity index (χ1) is 8.97. The van der Waals surface area contributed by atoms with Gasteiger partial charge >= 0.3 is 5.97 Å². The summed E-state index contributed by atoms with van der Waals surface area (Å²) in [7, 11) is 0. The molecule has 4 heteroatoms. The van der Waals surface area contributed by atoms with E-state index in [1.165, 1.54) is 16.0 Å². The summed E-state index contributed by atoms with van der Waals surface area (Å²) in [6.07, 6.45) is 0. The van der Waals surface area contributed by atoms with Crippen LogP contribution in [0.2, 0.25) is 0 Å². The van der Waals surface area contributed by atoms with Crippen LogP contribution in [0.1, 0.15) is 33.0 Å². The van der Waals surface area contributed by atoms with Crippen LogP contribution in [0.15, 0.2) is 33.6 Å². The van der Waals surface area contributed by atoms with Crippen molar-refractivity contribution >= 4 is 17.7 Å². The predicted octanol–water partition coefficient (Wildman–Crippen LogP) is 4.20. The van der Waals surface area contributed by atoms with E-state index in [1.807, 2.05) is 0 Å². The fourth-order valence-electron chi connectivity index (χ4n) is 1.84. The molecule has 0 fully saturated rings. The Kier molecular flexibility index (Phi) is 4.00. The lowest BCUT2D eigenvalue weighted by Crippen LogP contribution is -1.94. The van der Waals surface area contributed by atoms with E-state index in [-0.39, 0.29) is 5.76 Å². The second-order valence-corrected chi connectivity index (χ2v) is 5.60. The van der Waals surface area contributed by atoms with Gasteiger partial charge in [-0.05, 0) is 38.5 Å². The molecule has 3 nitrogen and oxygen atoms in total. The molecule has 1 aromatic carbocycles. The number of hydrogen-bond donors (Lipinski definition) is 1. The SMILES string of the molecule is Cc1ccc(C)c(SCc2cc(C)c(C(=O)O)o2)c1. The molecular weight excluding hydrogens is 260 g/mol. The van der Waals surface area contributed by atoms with E-state index in [9.17, 15) is 4.79 Å². The maximum Gasteiger partial charge on any atom is 0.372 e. The molecule has 0 aliphatic carbocycles. The van der Waals surface area contributed by atoms with Crippen molar-refractivity contribution in [1.29, 1.82) is 0 Å². The van der Waals surface area contributed by atoms with Gasteiger partial charge in [0.05, 0.1) is 5.75 Å². The van der Waals surface area contributed by atoms with Gasteiger partial charge in [0, 0.05) is 10.5 Å². The topological polar surface area (TPSA) is 50.4 Å². The smallest absolute Gasteiger partial charge is 0.372 e. The molecule has 0 aliphatic heterocycles. The molecule has 2 rings (SSSR count). The maximum atomic E-state index is 10.9. The van der Waals surface area contributed by atoms with Gasteiger partial charge in [0.2, 0.25) is 5.76 Å². The van der Waals surface area contributed by atoms with Crippen molar-refractivity contribution in [1.82, 2.24) is 0 Å². The van der Waals surface area contributed by atoms with Crippen LogP contribution in [0.3, 0.4) is 0 Å². The Morgan fingerprint density at radius 1 is 1.21 bits per heavy atom. The summed E-state index contributed by atoms with van der Waals surface area (Å²) in [6, 6.07) is 8.10. The fraction of sp³-hybridized carbons (Fsp3) is 0.267. The van der Waals surface area contributed by atoms with Gasteiger partial charge in [-0.2, -0.15) is 0 Å². The second kappa shape index (κ2) is 5.53. The maximum absolute atomic E-state index is 10.9. The third kappa shape index (κ3) is 3.20. The number of rotatable bonds is 4. The molecule has 0 bridgehead atoms. The fourth-order valence-corrected chi connectivity index (χ4v) is 2.85. The van der Waals surface area contributed by atoms with E-state index in [0.29, 0.717) is 17.1 Å². The molecule has 0 aliphatic rings. The lowest BCUT2D eigenvalue weighted by atomic mass is 10.2. The quantitative estimate of drug-likeness (QED) is 0.850. The van der Waals surface area contributed by atoms with Gasteiger partial charge < -0.3 is 9.52 Å². The van der Waals surface area contributed by atoms with Gasteiger partial charge in [0.1, 0.15) is 5.76 Å². The molecule has 0 atom stereocenters. The normalized spacial score (nSPS) is 10.7. The van der Waals surface area contributed by atoms with Crippen LogP contribution >= 0.6 is 11.8 Å². The van der Waals surface area contributed by atoms with Crippen LogP contribution in [0.4, 0.5) is 0 Å². The summed E-state index contributed by atoms with van der Waals surface area (Å²) in [5, 5.41) is 8.94. The average molecular weight is 276 g/mol. The number of aromatic carboxylic acids is 1. The van der Waals surface area contributed by atoms with Crippen molar-refractivity contribution < 1.29 is 14.3 Å². The highest BCUT2D eigenvalue weighted by molar-refractivity contribution is 7.98. The zero-order valence-electron chi connectivity index (χ0n) is 11.2. The zero-order chi connectivity index (χ0) is 14.0. The molecule has 0 saturated carbocycles. The molecule has 1 aromatic heterocycles. The number of hydrogen-bond acceptors (Lipinski definition) is 3. The van der Waals surface area contributed by atoms with Gasteiger partial charge in [-0.15, -0.1) is 11.8 Å². The zero-order valence-corrected chi connectivity index (χ0v) is 12.0. The monoisotopic (exact) mass is 276 g/mol. The van der Waals surface area contributed by atoms with Gasteiger partial charge in [-0.1, -0.05) is 17.7 Å². The van der Waals surface area contributed by atoms with Crippen LogP contribution in [0.5, 0.6) is 0 Å². The van der Waals surface area contributed by atoms with Gasteiger partial charge in [-0.3, -0.25) is 0 Å². The van der Waals surface area contributed by atoms with Gasteiger partial charge in [0.25, 0.3) is 0 Å². The van der Waals surface area contributed by atoms with Crippen LogP contribution in [-0.4, -0.2) is 11.1 Å². The summed E-state index contributed by atoms with van der Waals surface area (Å²) in [4.78, 5) is 12.1. The summed E-state index contributed by atoms with van der Waals surface area (Å²) < 4.78 is 5.35. The average Bonchev–Trinajstić information content (AvgIpc) is 2.72. The van der Waals surface area contributed by atoms with Crippen molar-refractivity contribution in [3.8, 4) is 0 Å². The predicted molar refractivity (Wildman–Crippen MR) is 75.9 cm³/mol. The lowest BCUT2D eigenvalue weighted by molar-refractivity contribution is 0.0659. The van der Waals surface area contributed by atoms with Crippen LogP contribution in [-0.2, 0) is 5.75 Å². The number of carboxylic acid groups (broad SMARTS) is 1. The molecule has 1 heterocycles. The minimum absolute atomic E-state index is 0.0385. The third-order valence-electron chi connectivity index (χ3n) is 2.88. The molecule has 2 aromatic rings. The molecule has 0 saturated heterocycles. The van der Waals surface area contributed by atoms with Crippen molar-refractivity contribution in [3.63, 3.8) is 0 Å². The van der Waals surface area contributed by atoms with E-state index >= 15 is 0 Å². The number of aryl methyl sites for hydroxylation is 3. The standard InChI is InChI=1S/C15H16O3S/c1-9-4-5-10(2)13(6-9)19-8-12-7-11(3)14(18-12)15(16)17/h4-7H,8H2,1-3H3,(H,16,17). The number of carboxylic acids is 1. The highest BCUT2D eigenvalue weighted by atomic mass is 32.2. The Morgan fingerprint density at radius 3 is 2.58 bits per heavy atom. The number of furan rings is 1. The molecule has 0 radical (unpaired) electrons. The van der Waals surface area contributed by atoms with Crippen LogP contribution in [0.25, 0.3) is 0 Å². The number of thioether (sulfide) groups is 1. The van der Waals surface area contributed by atoms with E-state index in [0.717, 1.165) is 0 Å². The molecule has 0 unspecified atom stereocenters. The van der Waals surface area contributed by atoms with E-state index in [4.69, 9.17) is 9.52 Å². The first-order valence-corrected chi connectivity index (χ1v) is 6.98. The highest BCUT2D eigenvalue weighted by Gasteiger charge is 2.14. The Bertz CT molecular complexity index is 614. The Hall–Kier alpha value is -1.68. The molecule has 100 valence electrons. The minimum atomic E-state index is -1.01.